The average molecular weight is 370 g/mol. The number of aryl methyl sites for hydroxylation is 1. The summed E-state index contributed by atoms with van der Waals surface area (Å²) in [5.41, 5.74) is 1.27. The van der Waals surface area contributed by atoms with Crippen LogP contribution >= 0.6 is 0 Å². The van der Waals surface area contributed by atoms with Crippen LogP contribution in [0, 0.1) is 11.3 Å². The smallest absolute Gasteiger partial charge is 0.410 e. The summed E-state index contributed by atoms with van der Waals surface area (Å²) >= 11 is 0. The van der Waals surface area contributed by atoms with E-state index in [1.807, 2.05) is 27.0 Å². The summed E-state index contributed by atoms with van der Waals surface area (Å²) in [5, 5.41) is 13.3. The quantitative estimate of drug-likeness (QED) is 0.856. The first-order valence-corrected chi connectivity index (χ1v) is 9.30. The molecule has 1 aliphatic heterocycles. The molecule has 2 aromatic rings. The van der Waals surface area contributed by atoms with Crippen LogP contribution in [0.4, 0.5) is 10.6 Å². The van der Waals surface area contributed by atoms with Crippen LogP contribution in [0.5, 0.6) is 0 Å². The molecule has 0 saturated carbocycles. The molecule has 8 heteroatoms. The van der Waals surface area contributed by atoms with E-state index in [9.17, 15) is 4.79 Å². The van der Waals surface area contributed by atoms with E-state index in [2.05, 4.69) is 26.3 Å². The van der Waals surface area contributed by atoms with E-state index in [0.717, 1.165) is 35.3 Å². The highest BCUT2D eigenvalue weighted by atomic mass is 16.6. The molecule has 0 radical (unpaired) electrons. The lowest BCUT2D eigenvalue weighted by Gasteiger charge is -2.34. The van der Waals surface area contributed by atoms with Crippen molar-refractivity contribution >= 4 is 22.9 Å². The Morgan fingerprint density at radius 3 is 3.04 bits per heavy atom. The van der Waals surface area contributed by atoms with Crippen molar-refractivity contribution in [2.75, 3.05) is 18.4 Å². The standard InChI is InChI=1S/C19H26N6O2/c1-19(2,3)27-18(26)25-9-5-7-14(11-25)24-17-15-13(6-4-8-20)10-21-16(15)22-12-23-17/h10,12,14H,4-7,9,11H2,1-3H3,(H2,21,22,23,24)/t14-/m1/s1. The van der Waals surface area contributed by atoms with E-state index < -0.39 is 5.60 Å². The highest BCUT2D eigenvalue weighted by Gasteiger charge is 2.28. The van der Waals surface area contributed by atoms with Crippen molar-refractivity contribution in [1.82, 2.24) is 19.9 Å². The number of aromatic nitrogens is 3. The number of nitriles is 1. The van der Waals surface area contributed by atoms with Gasteiger partial charge in [0.25, 0.3) is 0 Å². The first-order chi connectivity index (χ1) is 12.9. The van der Waals surface area contributed by atoms with Gasteiger partial charge in [0.1, 0.15) is 23.4 Å². The molecule has 1 atom stereocenters. The highest BCUT2D eigenvalue weighted by molar-refractivity contribution is 5.90. The summed E-state index contributed by atoms with van der Waals surface area (Å²) in [6.45, 7) is 6.88. The molecule has 0 bridgehead atoms. The zero-order chi connectivity index (χ0) is 19.4. The number of carbonyl (C=O) groups is 1. The Balaban J connectivity index is 1.74. The topological polar surface area (TPSA) is 107 Å². The van der Waals surface area contributed by atoms with Crippen molar-refractivity contribution in [2.24, 2.45) is 0 Å². The fourth-order valence-corrected chi connectivity index (χ4v) is 3.30. The summed E-state index contributed by atoms with van der Waals surface area (Å²) in [4.78, 5) is 25.9. The van der Waals surface area contributed by atoms with Gasteiger partial charge in [0.15, 0.2) is 0 Å². The maximum atomic E-state index is 12.4. The molecule has 144 valence electrons. The zero-order valence-electron chi connectivity index (χ0n) is 16.1. The van der Waals surface area contributed by atoms with Gasteiger partial charge in [-0.05, 0) is 45.6 Å². The Bertz CT molecular complexity index is 848. The van der Waals surface area contributed by atoms with Gasteiger partial charge in [-0.1, -0.05) is 0 Å². The molecule has 27 heavy (non-hydrogen) atoms. The molecule has 2 aromatic heterocycles. The van der Waals surface area contributed by atoms with Gasteiger partial charge in [-0.3, -0.25) is 0 Å². The molecule has 3 rings (SSSR count). The lowest BCUT2D eigenvalue weighted by molar-refractivity contribution is 0.0206. The number of carbonyl (C=O) groups excluding carboxylic acids is 1. The van der Waals surface area contributed by atoms with E-state index in [-0.39, 0.29) is 12.1 Å². The van der Waals surface area contributed by atoms with Crippen LogP contribution in [-0.4, -0.2) is 50.7 Å². The minimum atomic E-state index is -0.503. The van der Waals surface area contributed by atoms with Gasteiger partial charge in [-0.15, -0.1) is 0 Å². The first-order valence-electron chi connectivity index (χ1n) is 9.30. The molecule has 0 aliphatic carbocycles. The predicted molar refractivity (Wildman–Crippen MR) is 102 cm³/mol. The minimum absolute atomic E-state index is 0.0862. The number of hydrogen-bond donors (Lipinski definition) is 2. The zero-order valence-corrected chi connectivity index (χ0v) is 16.1. The SMILES string of the molecule is CC(C)(C)OC(=O)N1CCC[C@@H](Nc2ncnc3[nH]cc(CCC#N)c23)C1. The van der Waals surface area contributed by atoms with Gasteiger partial charge in [-0.2, -0.15) is 5.26 Å². The Morgan fingerprint density at radius 1 is 1.48 bits per heavy atom. The van der Waals surface area contributed by atoms with Gasteiger partial charge < -0.3 is 19.9 Å². The second kappa shape index (κ2) is 7.82. The maximum absolute atomic E-state index is 12.4. The van der Waals surface area contributed by atoms with Gasteiger partial charge in [-0.25, -0.2) is 14.8 Å². The molecule has 0 unspecified atom stereocenters. The molecular formula is C19H26N6O2. The van der Waals surface area contributed by atoms with Gasteiger partial charge in [0.05, 0.1) is 11.5 Å². The van der Waals surface area contributed by atoms with Crippen LogP contribution in [0.3, 0.4) is 0 Å². The van der Waals surface area contributed by atoms with Crippen molar-refractivity contribution in [1.29, 1.82) is 5.26 Å². The summed E-state index contributed by atoms with van der Waals surface area (Å²) in [7, 11) is 0. The van der Waals surface area contributed by atoms with E-state index in [1.54, 1.807) is 4.90 Å². The van der Waals surface area contributed by atoms with Crippen molar-refractivity contribution in [3.05, 3.63) is 18.1 Å². The minimum Gasteiger partial charge on any atom is -0.444 e. The summed E-state index contributed by atoms with van der Waals surface area (Å²) < 4.78 is 5.49. The lowest BCUT2D eigenvalue weighted by atomic mass is 10.1. The van der Waals surface area contributed by atoms with Crippen LogP contribution < -0.4 is 5.32 Å². The predicted octanol–water partition coefficient (Wildman–Crippen LogP) is 3.23. The monoisotopic (exact) mass is 370 g/mol. The van der Waals surface area contributed by atoms with Crippen LogP contribution in [0.2, 0.25) is 0 Å². The number of nitrogens with one attached hydrogen (secondary N) is 2. The highest BCUT2D eigenvalue weighted by Crippen LogP contribution is 2.26. The Hall–Kier alpha value is -2.82. The van der Waals surface area contributed by atoms with Crippen LogP contribution in [0.1, 0.15) is 45.6 Å². The number of aromatic amines is 1. The maximum Gasteiger partial charge on any atom is 0.410 e. The molecule has 1 fully saturated rings. The number of ether oxygens (including phenoxy) is 1. The molecule has 1 amide bonds. The number of piperidine rings is 1. The van der Waals surface area contributed by atoms with E-state index in [1.165, 1.54) is 6.33 Å². The summed E-state index contributed by atoms with van der Waals surface area (Å²) in [5.74, 6) is 0.741. The second-order valence-corrected chi connectivity index (χ2v) is 7.83. The molecule has 0 aromatic carbocycles. The number of amides is 1. The summed E-state index contributed by atoms with van der Waals surface area (Å²) in [6, 6.07) is 2.26. The fourth-order valence-electron chi connectivity index (χ4n) is 3.30. The van der Waals surface area contributed by atoms with Crippen molar-refractivity contribution in [3.63, 3.8) is 0 Å². The molecule has 8 nitrogen and oxygen atoms in total. The molecule has 2 N–H and O–H groups in total. The van der Waals surface area contributed by atoms with Crippen molar-refractivity contribution in [2.45, 2.75) is 58.1 Å². The Labute approximate surface area is 158 Å². The number of nitrogens with zero attached hydrogens (tertiary/aromatic N) is 4. The van der Waals surface area contributed by atoms with Gasteiger partial charge in [0, 0.05) is 31.7 Å². The van der Waals surface area contributed by atoms with E-state index in [0.29, 0.717) is 25.9 Å². The second-order valence-electron chi connectivity index (χ2n) is 7.83. The third-order valence-corrected chi connectivity index (χ3v) is 4.47. The molecule has 1 aliphatic rings. The largest absolute Gasteiger partial charge is 0.444 e. The van der Waals surface area contributed by atoms with Gasteiger partial charge >= 0.3 is 6.09 Å². The third kappa shape index (κ3) is 4.67. The van der Waals surface area contributed by atoms with Crippen molar-refractivity contribution in [3.8, 4) is 6.07 Å². The van der Waals surface area contributed by atoms with E-state index >= 15 is 0 Å². The fraction of sp³-hybridized carbons (Fsp3) is 0.579. The number of likely N-dealkylation sites (tertiary alicyclic amines) is 1. The number of rotatable bonds is 4. The number of H-pyrrole nitrogens is 1. The molecular weight excluding hydrogens is 344 g/mol. The third-order valence-electron chi connectivity index (χ3n) is 4.47. The van der Waals surface area contributed by atoms with Crippen LogP contribution in [-0.2, 0) is 11.2 Å². The molecule has 1 saturated heterocycles. The first kappa shape index (κ1) is 19.0. The number of anilines is 1. The molecule has 0 spiro atoms. The van der Waals surface area contributed by atoms with Crippen LogP contribution in [0.15, 0.2) is 12.5 Å². The Morgan fingerprint density at radius 2 is 2.30 bits per heavy atom. The molecule has 3 heterocycles. The lowest BCUT2D eigenvalue weighted by Crippen LogP contribution is -2.47. The van der Waals surface area contributed by atoms with E-state index in [4.69, 9.17) is 10.00 Å². The summed E-state index contributed by atoms with van der Waals surface area (Å²) in [6.07, 6.45) is 6.06. The van der Waals surface area contributed by atoms with Crippen molar-refractivity contribution < 1.29 is 9.53 Å². The number of hydrogen-bond acceptors (Lipinski definition) is 6. The Kier molecular flexibility index (Phi) is 5.49. The van der Waals surface area contributed by atoms with Crippen LogP contribution in [0.25, 0.3) is 11.0 Å². The van der Waals surface area contributed by atoms with Gasteiger partial charge in [0.2, 0.25) is 0 Å². The normalized spacial score (nSPS) is 17.6. The number of fused-ring (bicyclic) bond motifs is 1. The average Bonchev–Trinajstić information content (AvgIpc) is 3.03.